The number of rotatable bonds is 9. The van der Waals surface area contributed by atoms with E-state index in [0.29, 0.717) is 17.9 Å². The Labute approximate surface area is 145 Å². The Kier molecular flexibility index (Phi) is 7.23. The van der Waals surface area contributed by atoms with E-state index < -0.39 is 43.1 Å². The van der Waals surface area contributed by atoms with Gasteiger partial charge in [-0.1, -0.05) is 6.92 Å². The van der Waals surface area contributed by atoms with Crippen molar-refractivity contribution in [3.63, 3.8) is 0 Å². The van der Waals surface area contributed by atoms with Gasteiger partial charge in [0, 0.05) is 6.42 Å². The highest BCUT2D eigenvalue weighted by molar-refractivity contribution is 8.00. The second-order valence-electron chi connectivity index (χ2n) is 4.63. The number of non-ortho nitro benzene ring substituents is 1. The molecule has 0 spiro atoms. The molecule has 1 atom stereocenters. The Morgan fingerprint density at radius 3 is 1.96 bits per heavy atom. The molecule has 11 nitrogen and oxygen atoms in total. The van der Waals surface area contributed by atoms with E-state index in [-0.39, 0.29) is 18.6 Å². The van der Waals surface area contributed by atoms with Crippen LogP contribution in [0.5, 0.6) is 0 Å². The van der Waals surface area contributed by atoms with Crippen molar-refractivity contribution in [3.05, 3.63) is 48.0 Å². The van der Waals surface area contributed by atoms with Crippen LogP contribution in [0.4, 0.5) is 17.1 Å². The number of hydrogen-bond donors (Lipinski definition) is 0. The summed E-state index contributed by atoms with van der Waals surface area (Å²) in [5.41, 5.74) is -2.66. The Balaban J connectivity index is 3.48. The minimum absolute atomic E-state index is 0.0874. The van der Waals surface area contributed by atoms with E-state index in [0.717, 1.165) is 11.8 Å². The highest BCUT2D eigenvalue weighted by Gasteiger charge is 2.34. The summed E-state index contributed by atoms with van der Waals surface area (Å²) in [6.45, 7) is 3.42. The topological polar surface area (TPSA) is 156 Å². The molecule has 0 radical (unpaired) electrons. The van der Waals surface area contributed by atoms with Crippen LogP contribution in [0.3, 0.4) is 0 Å². The predicted octanol–water partition coefficient (Wildman–Crippen LogP) is 2.64. The molecule has 1 rings (SSSR count). The van der Waals surface area contributed by atoms with Crippen molar-refractivity contribution in [1.82, 2.24) is 0 Å². The summed E-state index contributed by atoms with van der Waals surface area (Å²) < 4.78 is 4.88. The second kappa shape index (κ2) is 8.92. The van der Waals surface area contributed by atoms with Crippen LogP contribution in [0.2, 0.25) is 0 Å². The second-order valence-corrected chi connectivity index (χ2v) is 6.11. The quantitative estimate of drug-likeness (QED) is 0.360. The van der Waals surface area contributed by atoms with Gasteiger partial charge in [-0.3, -0.25) is 35.1 Å². The fourth-order valence-electron chi connectivity index (χ4n) is 2.10. The van der Waals surface area contributed by atoms with Crippen LogP contribution in [0, 0.1) is 30.3 Å². The van der Waals surface area contributed by atoms with Crippen molar-refractivity contribution in [2.75, 3.05) is 12.4 Å². The van der Waals surface area contributed by atoms with Gasteiger partial charge >= 0.3 is 5.97 Å². The number of ether oxygens (including phenoxy) is 1. The maximum atomic E-state index is 12.0. The van der Waals surface area contributed by atoms with Crippen LogP contribution in [-0.4, -0.2) is 38.3 Å². The Hall–Kier alpha value is -2.76. The van der Waals surface area contributed by atoms with Gasteiger partial charge in [-0.05, 0) is 12.7 Å². The molecule has 0 aromatic heterocycles. The third kappa shape index (κ3) is 5.11. The zero-order valence-electron chi connectivity index (χ0n) is 13.4. The summed E-state index contributed by atoms with van der Waals surface area (Å²) in [5.74, 6) is -0.186. The molecule has 0 aliphatic carbocycles. The fraction of sp³-hybridized carbons (Fsp3) is 0.462. The van der Waals surface area contributed by atoms with E-state index in [1.807, 2.05) is 0 Å². The van der Waals surface area contributed by atoms with Crippen LogP contribution < -0.4 is 0 Å². The fourth-order valence-corrected chi connectivity index (χ4v) is 2.99. The molecule has 0 N–H and O–H groups in total. The predicted molar refractivity (Wildman–Crippen MR) is 88.7 cm³/mol. The molecule has 136 valence electrons. The molecule has 0 bridgehead atoms. The third-order valence-corrected chi connectivity index (χ3v) is 4.19. The van der Waals surface area contributed by atoms with Crippen molar-refractivity contribution in [3.8, 4) is 0 Å². The minimum atomic E-state index is -0.951. The van der Waals surface area contributed by atoms with Crippen molar-refractivity contribution >= 4 is 34.8 Å². The molecular weight excluding hydrogens is 358 g/mol. The number of nitro benzene ring substituents is 3. The van der Waals surface area contributed by atoms with E-state index in [2.05, 4.69) is 0 Å². The molecule has 0 saturated heterocycles. The van der Waals surface area contributed by atoms with Crippen molar-refractivity contribution in [2.45, 2.75) is 25.5 Å². The normalized spacial score (nSPS) is 11.6. The maximum absolute atomic E-state index is 12.0. The first-order valence-corrected chi connectivity index (χ1v) is 8.16. The highest BCUT2D eigenvalue weighted by atomic mass is 32.2. The monoisotopic (exact) mass is 373 g/mol. The summed E-state index contributed by atoms with van der Waals surface area (Å²) in [5, 5.41) is 32.5. The zero-order chi connectivity index (χ0) is 19.1. The van der Waals surface area contributed by atoms with Crippen LogP contribution in [0.25, 0.3) is 0 Å². The van der Waals surface area contributed by atoms with Crippen molar-refractivity contribution in [1.29, 1.82) is 0 Å². The van der Waals surface area contributed by atoms with Crippen LogP contribution in [-0.2, 0) is 16.0 Å². The standard InChI is InChI=1S/C13H15N3O8S/c1-3-24-13(17)12(25-4-2)7-9-10(15(20)21)5-8(14(18)19)6-11(9)16(22)23/h5-6,12H,3-4,7H2,1-2H3. The summed E-state index contributed by atoms with van der Waals surface area (Å²) in [7, 11) is 0. The molecule has 1 unspecified atom stereocenters. The first-order chi connectivity index (χ1) is 11.7. The number of nitro groups is 3. The van der Waals surface area contributed by atoms with Crippen molar-refractivity contribution < 1.29 is 24.3 Å². The summed E-state index contributed by atoms with van der Waals surface area (Å²) >= 11 is 1.12. The smallest absolute Gasteiger partial charge is 0.319 e. The molecule has 12 heteroatoms. The van der Waals surface area contributed by atoms with E-state index in [9.17, 15) is 35.1 Å². The number of esters is 1. The molecule has 1 aromatic rings. The molecule has 1 aromatic carbocycles. The van der Waals surface area contributed by atoms with E-state index in [1.165, 1.54) is 0 Å². The average Bonchev–Trinajstić information content (AvgIpc) is 2.53. The van der Waals surface area contributed by atoms with Crippen LogP contribution in [0.1, 0.15) is 19.4 Å². The number of carbonyl (C=O) groups is 1. The molecule has 0 saturated carbocycles. The average molecular weight is 373 g/mol. The SMILES string of the molecule is CCOC(=O)C(Cc1c([N+](=O)[O-])cc([N+](=O)[O-])cc1[N+](=O)[O-])SCC. The maximum Gasteiger partial charge on any atom is 0.319 e. The highest BCUT2D eigenvalue weighted by Crippen LogP contribution is 2.36. The van der Waals surface area contributed by atoms with Crippen LogP contribution >= 0.6 is 11.8 Å². The van der Waals surface area contributed by atoms with E-state index in [4.69, 9.17) is 4.74 Å². The largest absolute Gasteiger partial charge is 0.465 e. The summed E-state index contributed by atoms with van der Waals surface area (Å²) in [6.07, 6.45) is -0.345. The number of carbonyl (C=O) groups excluding carboxylic acids is 1. The molecule has 0 fully saturated rings. The lowest BCUT2D eigenvalue weighted by atomic mass is 10.0. The third-order valence-electron chi connectivity index (χ3n) is 3.10. The summed E-state index contributed by atoms with van der Waals surface area (Å²) in [4.78, 5) is 42.5. The Morgan fingerprint density at radius 2 is 1.60 bits per heavy atom. The van der Waals surface area contributed by atoms with Gasteiger partial charge in [-0.25, -0.2) is 0 Å². The van der Waals surface area contributed by atoms with E-state index >= 15 is 0 Å². The number of benzene rings is 1. The van der Waals surface area contributed by atoms with Crippen molar-refractivity contribution in [2.24, 2.45) is 0 Å². The summed E-state index contributed by atoms with van der Waals surface area (Å²) in [6, 6.07) is 1.31. The molecule has 0 amide bonds. The van der Waals surface area contributed by atoms with E-state index in [1.54, 1.807) is 13.8 Å². The number of nitrogens with zero attached hydrogens (tertiary/aromatic N) is 3. The lowest BCUT2D eigenvalue weighted by Gasteiger charge is -2.14. The molecular formula is C13H15N3O8S. The molecule has 0 aliphatic heterocycles. The van der Waals surface area contributed by atoms with Gasteiger partial charge in [-0.15, -0.1) is 11.8 Å². The van der Waals surface area contributed by atoms with Gasteiger partial charge in [0.05, 0.1) is 33.5 Å². The number of hydrogen-bond acceptors (Lipinski definition) is 9. The molecule has 0 heterocycles. The zero-order valence-corrected chi connectivity index (χ0v) is 14.2. The van der Waals surface area contributed by atoms with Gasteiger partial charge in [0.15, 0.2) is 0 Å². The minimum Gasteiger partial charge on any atom is -0.465 e. The van der Waals surface area contributed by atoms with Gasteiger partial charge in [-0.2, -0.15) is 0 Å². The Morgan fingerprint density at radius 1 is 1.08 bits per heavy atom. The number of thioether (sulfide) groups is 1. The van der Waals surface area contributed by atoms with Gasteiger partial charge in [0.2, 0.25) is 0 Å². The molecule has 25 heavy (non-hydrogen) atoms. The van der Waals surface area contributed by atoms with Gasteiger partial charge < -0.3 is 4.74 Å². The first kappa shape index (κ1) is 20.3. The van der Waals surface area contributed by atoms with Gasteiger partial charge in [0.1, 0.15) is 10.8 Å². The lowest BCUT2D eigenvalue weighted by Crippen LogP contribution is -2.24. The Bertz CT molecular complexity index is 674. The van der Waals surface area contributed by atoms with Gasteiger partial charge in [0.25, 0.3) is 17.1 Å². The van der Waals surface area contributed by atoms with Crippen LogP contribution in [0.15, 0.2) is 12.1 Å². The lowest BCUT2D eigenvalue weighted by molar-refractivity contribution is -0.404. The molecule has 0 aliphatic rings. The first-order valence-electron chi connectivity index (χ1n) is 7.11.